The second kappa shape index (κ2) is 5.95. The van der Waals surface area contributed by atoms with E-state index in [1.165, 1.54) is 12.8 Å². The quantitative estimate of drug-likeness (QED) is 0.780. The summed E-state index contributed by atoms with van der Waals surface area (Å²) in [6.45, 7) is 0.382. The summed E-state index contributed by atoms with van der Waals surface area (Å²) >= 11 is 0. The Bertz CT molecular complexity index is 465. The van der Waals surface area contributed by atoms with Crippen molar-refractivity contribution in [2.45, 2.75) is 57.0 Å². The fourth-order valence-corrected chi connectivity index (χ4v) is 3.57. The van der Waals surface area contributed by atoms with Gasteiger partial charge < -0.3 is 10.4 Å². The van der Waals surface area contributed by atoms with Crippen LogP contribution >= 0.6 is 0 Å². The molecule has 5 heteroatoms. The zero-order valence-corrected chi connectivity index (χ0v) is 11.8. The second-order valence-corrected chi connectivity index (χ2v) is 6.11. The monoisotopic (exact) mass is 277 g/mol. The molecule has 1 heterocycles. The summed E-state index contributed by atoms with van der Waals surface area (Å²) < 4.78 is 0. The van der Waals surface area contributed by atoms with Crippen molar-refractivity contribution in [3.8, 4) is 0 Å². The lowest BCUT2D eigenvalue weighted by atomic mass is 9.86. The fraction of sp³-hybridized carbons (Fsp3) is 0.733. The normalized spacial score (nSPS) is 24.4. The lowest BCUT2D eigenvalue weighted by Gasteiger charge is -2.23. The molecule has 2 atom stereocenters. The third-order valence-corrected chi connectivity index (χ3v) is 4.79. The molecule has 110 valence electrons. The van der Waals surface area contributed by atoms with Crippen LogP contribution in [-0.4, -0.2) is 33.9 Å². The van der Waals surface area contributed by atoms with Crippen LogP contribution in [0.1, 0.15) is 55.7 Å². The number of aliphatic hydroxyl groups is 1. The molecule has 1 fully saturated rings. The summed E-state index contributed by atoms with van der Waals surface area (Å²) in [4.78, 5) is 12.3. The van der Waals surface area contributed by atoms with Crippen LogP contribution in [0.2, 0.25) is 0 Å². The largest absolute Gasteiger partial charge is 0.391 e. The first-order valence-corrected chi connectivity index (χ1v) is 7.73. The van der Waals surface area contributed by atoms with E-state index in [-0.39, 0.29) is 11.8 Å². The van der Waals surface area contributed by atoms with Crippen LogP contribution in [0.5, 0.6) is 0 Å². The number of carbonyl (C=O) groups excluding carboxylic acids is 1. The van der Waals surface area contributed by atoms with Crippen molar-refractivity contribution in [3.63, 3.8) is 0 Å². The van der Waals surface area contributed by atoms with E-state index < -0.39 is 6.10 Å². The Morgan fingerprint density at radius 3 is 3.00 bits per heavy atom. The number of aliphatic hydroxyl groups excluding tert-OH is 1. The summed E-state index contributed by atoms with van der Waals surface area (Å²) in [5.74, 6) is 0.295. The van der Waals surface area contributed by atoms with E-state index in [0.717, 1.165) is 43.4 Å². The lowest BCUT2D eigenvalue weighted by molar-refractivity contribution is -0.123. The van der Waals surface area contributed by atoms with Gasteiger partial charge in [-0.05, 0) is 38.0 Å². The molecule has 0 bridgehead atoms. The van der Waals surface area contributed by atoms with Crippen LogP contribution in [0.4, 0.5) is 0 Å². The van der Waals surface area contributed by atoms with Crippen LogP contribution < -0.4 is 5.32 Å². The van der Waals surface area contributed by atoms with Crippen LogP contribution in [0, 0.1) is 5.92 Å². The number of hydrogen-bond donors (Lipinski definition) is 3. The summed E-state index contributed by atoms with van der Waals surface area (Å²) in [5, 5.41) is 20.1. The van der Waals surface area contributed by atoms with Gasteiger partial charge in [0.2, 0.25) is 5.91 Å². The van der Waals surface area contributed by atoms with Crippen molar-refractivity contribution < 1.29 is 9.90 Å². The predicted molar refractivity (Wildman–Crippen MR) is 75.2 cm³/mol. The molecular formula is C15H23N3O2. The van der Waals surface area contributed by atoms with Crippen molar-refractivity contribution in [3.05, 3.63) is 17.5 Å². The standard InChI is InChI=1S/C15H23N3O2/c19-14(10-4-1-2-5-10)9-16-15(20)11-6-3-7-13-12(11)8-17-18-13/h8,10-11,14,19H,1-7,9H2,(H,16,20)(H,17,18). The Kier molecular flexibility index (Phi) is 4.05. The van der Waals surface area contributed by atoms with Gasteiger partial charge in [0, 0.05) is 17.8 Å². The minimum atomic E-state index is -0.395. The Balaban J connectivity index is 1.55. The summed E-state index contributed by atoms with van der Waals surface area (Å²) in [7, 11) is 0. The number of aromatic nitrogens is 2. The third kappa shape index (κ3) is 2.73. The number of hydrogen-bond acceptors (Lipinski definition) is 3. The maximum Gasteiger partial charge on any atom is 0.227 e. The van der Waals surface area contributed by atoms with Crippen LogP contribution in [0.15, 0.2) is 6.20 Å². The number of aromatic amines is 1. The number of H-pyrrole nitrogens is 1. The molecule has 1 saturated carbocycles. The molecule has 20 heavy (non-hydrogen) atoms. The first-order chi connectivity index (χ1) is 9.75. The van der Waals surface area contributed by atoms with Gasteiger partial charge in [0.1, 0.15) is 0 Å². The SMILES string of the molecule is O=C(NCC(O)C1CCCC1)C1CCCc2[nH]ncc21. The predicted octanol–water partition coefficient (Wildman–Crippen LogP) is 1.50. The Labute approximate surface area is 119 Å². The highest BCUT2D eigenvalue weighted by atomic mass is 16.3. The van der Waals surface area contributed by atoms with Crippen LogP contribution in [0.25, 0.3) is 0 Å². The molecule has 2 unspecified atom stereocenters. The minimum Gasteiger partial charge on any atom is -0.391 e. The number of amides is 1. The van der Waals surface area contributed by atoms with Crippen molar-refractivity contribution in [1.82, 2.24) is 15.5 Å². The number of fused-ring (bicyclic) bond motifs is 1. The van der Waals surface area contributed by atoms with Gasteiger partial charge in [-0.2, -0.15) is 5.10 Å². The maximum atomic E-state index is 12.3. The molecule has 1 aromatic heterocycles. The molecule has 5 nitrogen and oxygen atoms in total. The highest BCUT2D eigenvalue weighted by Crippen LogP contribution is 2.30. The van der Waals surface area contributed by atoms with Crippen molar-refractivity contribution in [1.29, 1.82) is 0 Å². The fourth-order valence-electron chi connectivity index (χ4n) is 3.57. The average Bonchev–Trinajstić information content (AvgIpc) is 3.13. The maximum absolute atomic E-state index is 12.3. The first-order valence-electron chi connectivity index (χ1n) is 7.73. The molecule has 0 spiro atoms. The van der Waals surface area contributed by atoms with E-state index in [0.29, 0.717) is 12.5 Å². The highest BCUT2D eigenvalue weighted by Gasteiger charge is 2.29. The van der Waals surface area contributed by atoms with Crippen molar-refractivity contribution >= 4 is 5.91 Å². The van der Waals surface area contributed by atoms with Gasteiger partial charge in [-0.25, -0.2) is 0 Å². The molecule has 3 N–H and O–H groups in total. The smallest absolute Gasteiger partial charge is 0.227 e. The minimum absolute atomic E-state index is 0.0318. The molecule has 1 amide bonds. The first kappa shape index (κ1) is 13.6. The summed E-state index contributed by atoms with van der Waals surface area (Å²) in [5.41, 5.74) is 2.12. The van der Waals surface area contributed by atoms with E-state index in [2.05, 4.69) is 15.5 Å². The molecular weight excluding hydrogens is 254 g/mol. The number of aryl methyl sites for hydroxylation is 1. The average molecular weight is 277 g/mol. The zero-order valence-electron chi connectivity index (χ0n) is 11.8. The van der Waals surface area contributed by atoms with Gasteiger partial charge in [-0.3, -0.25) is 9.89 Å². The number of nitrogens with one attached hydrogen (secondary N) is 2. The van der Waals surface area contributed by atoms with Gasteiger partial charge in [0.05, 0.1) is 18.2 Å². The molecule has 0 saturated heterocycles. The van der Waals surface area contributed by atoms with E-state index in [1.807, 2.05) is 0 Å². The van der Waals surface area contributed by atoms with Gasteiger partial charge in [-0.15, -0.1) is 0 Å². The summed E-state index contributed by atoms with van der Waals surface area (Å²) in [6, 6.07) is 0. The topological polar surface area (TPSA) is 78.0 Å². The van der Waals surface area contributed by atoms with Crippen molar-refractivity contribution in [2.24, 2.45) is 5.92 Å². The van der Waals surface area contributed by atoms with Crippen LogP contribution in [0.3, 0.4) is 0 Å². The van der Waals surface area contributed by atoms with Gasteiger partial charge in [-0.1, -0.05) is 12.8 Å². The number of carbonyl (C=O) groups is 1. The molecule has 0 aromatic carbocycles. The van der Waals surface area contributed by atoms with E-state index in [9.17, 15) is 9.90 Å². The highest BCUT2D eigenvalue weighted by molar-refractivity contribution is 5.84. The number of rotatable bonds is 4. The zero-order chi connectivity index (χ0) is 13.9. The number of nitrogens with zero attached hydrogens (tertiary/aromatic N) is 1. The van der Waals surface area contributed by atoms with E-state index in [4.69, 9.17) is 0 Å². The van der Waals surface area contributed by atoms with Crippen molar-refractivity contribution in [2.75, 3.05) is 6.54 Å². The van der Waals surface area contributed by atoms with Gasteiger partial charge in [0.25, 0.3) is 0 Å². The van der Waals surface area contributed by atoms with Gasteiger partial charge >= 0.3 is 0 Å². The van der Waals surface area contributed by atoms with E-state index in [1.54, 1.807) is 6.20 Å². The molecule has 2 aliphatic carbocycles. The molecule has 1 aromatic rings. The van der Waals surface area contributed by atoms with Gasteiger partial charge in [0.15, 0.2) is 0 Å². The Morgan fingerprint density at radius 1 is 1.40 bits per heavy atom. The third-order valence-electron chi connectivity index (χ3n) is 4.79. The van der Waals surface area contributed by atoms with E-state index >= 15 is 0 Å². The summed E-state index contributed by atoms with van der Waals surface area (Å²) in [6.07, 6.45) is 8.83. The van der Waals surface area contributed by atoms with Crippen LogP contribution in [-0.2, 0) is 11.2 Å². The lowest BCUT2D eigenvalue weighted by Crippen LogP contribution is -2.38. The Morgan fingerprint density at radius 2 is 2.20 bits per heavy atom. The molecule has 0 aliphatic heterocycles. The molecule has 2 aliphatic rings. The molecule has 0 radical (unpaired) electrons. The Hall–Kier alpha value is -1.36. The molecule has 3 rings (SSSR count). The second-order valence-electron chi connectivity index (χ2n) is 6.11.